The number of carbonyl (C=O) groups excluding carboxylic acids is 2. The lowest BCUT2D eigenvalue weighted by molar-refractivity contribution is -0.131. The Labute approximate surface area is 165 Å². The molecule has 1 aromatic carbocycles. The minimum absolute atomic E-state index is 0.0156. The Morgan fingerprint density at radius 1 is 1.22 bits per heavy atom. The zero-order chi connectivity index (χ0) is 19.8. The van der Waals surface area contributed by atoms with Gasteiger partial charge in [0.25, 0.3) is 0 Å². The van der Waals surface area contributed by atoms with Crippen LogP contribution in [0.1, 0.15) is 50.4 Å². The molecular weight excluding hydrogens is 386 g/mol. The first-order valence-corrected chi connectivity index (χ1v) is 11.4. The smallest absolute Gasteiger partial charge is 0.246 e. The molecule has 1 heterocycles. The molecule has 4 atom stereocenters. The van der Waals surface area contributed by atoms with E-state index in [1.807, 2.05) is 0 Å². The van der Waals surface area contributed by atoms with Crippen molar-refractivity contribution in [2.24, 2.45) is 22.7 Å². The van der Waals surface area contributed by atoms with Crippen molar-refractivity contribution >= 4 is 33.3 Å². The molecule has 7 heteroatoms. The molecule has 2 saturated carbocycles. The second kappa shape index (κ2) is 5.80. The third kappa shape index (κ3) is 2.45. The van der Waals surface area contributed by atoms with Gasteiger partial charge < -0.3 is 0 Å². The summed E-state index contributed by atoms with van der Waals surface area (Å²) in [5, 5.41) is 0.499. The molecule has 0 aromatic heterocycles. The molecule has 1 spiro atoms. The first-order chi connectivity index (χ1) is 12.5. The van der Waals surface area contributed by atoms with Crippen LogP contribution in [0, 0.1) is 22.7 Å². The Morgan fingerprint density at radius 2 is 1.85 bits per heavy atom. The van der Waals surface area contributed by atoms with Crippen molar-refractivity contribution in [3.05, 3.63) is 34.9 Å². The van der Waals surface area contributed by atoms with Gasteiger partial charge >= 0.3 is 0 Å². The van der Waals surface area contributed by atoms with Crippen molar-refractivity contribution in [1.29, 1.82) is 0 Å². The average Bonchev–Trinajstić information content (AvgIpc) is 3.08. The summed E-state index contributed by atoms with van der Waals surface area (Å²) in [6.07, 6.45) is 2.55. The fraction of sp³-hybridized carbons (Fsp3) is 0.600. The zero-order valence-electron chi connectivity index (χ0n) is 15.7. The Hall–Kier alpha value is -1.40. The molecule has 1 aromatic rings. The minimum atomic E-state index is -3.72. The lowest BCUT2D eigenvalue weighted by Gasteiger charge is -2.37. The van der Waals surface area contributed by atoms with E-state index < -0.39 is 21.8 Å². The van der Waals surface area contributed by atoms with Gasteiger partial charge in [-0.15, -0.1) is 0 Å². The largest absolute Gasteiger partial charge is 0.293 e. The van der Waals surface area contributed by atoms with Gasteiger partial charge in [-0.05, 0) is 61.8 Å². The summed E-state index contributed by atoms with van der Waals surface area (Å²) in [4.78, 5) is 25.9. The normalized spacial score (nSPS) is 33.7. The van der Waals surface area contributed by atoms with Gasteiger partial charge in [-0.1, -0.05) is 25.4 Å². The Kier molecular flexibility index (Phi) is 4.07. The van der Waals surface area contributed by atoms with Crippen LogP contribution < -0.4 is 0 Å². The summed E-state index contributed by atoms with van der Waals surface area (Å²) in [5.74, 6) is -1.58. The highest BCUT2D eigenvalue weighted by Gasteiger charge is 2.72. The van der Waals surface area contributed by atoms with E-state index in [-0.39, 0.29) is 28.4 Å². The van der Waals surface area contributed by atoms with E-state index in [1.165, 1.54) is 6.92 Å². The minimum Gasteiger partial charge on any atom is -0.293 e. The maximum absolute atomic E-state index is 13.2. The first kappa shape index (κ1) is 18.9. The Morgan fingerprint density at radius 3 is 2.44 bits per heavy atom. The van der Waals surface area contributed by atoms with Crippen molar-refractivity contribution in [3.8, 4) is 0 Å². The molecular formula is C20H24ClNO4S. The molecule has 3 aliphatic rings. The number of hydrogen-bond acceptors (Lipinski definition) is 4. The summed E-state index contributed by atoms with van der Waals surface area (Å²) < 4.78 is 27.0. The van der Waals surface area contributed by atoms with Gasteiger partial charge in [-0.25, -0.2) is 12.7 Å². The number of ketones is 1. The van der Waals surface area contributed by atoms with Gasteiger partial charge in [0.15, 0.2) is 5.78 Å². The summed E-state index contributed by atoms with van der Waals surface area (Å²) >= 11 is 5.86. The lowest BCUT2D eigenvalue weighted by atomic mass is 9.69. The van der Waals surface area contributed by atoms with Crippen molar-refractivity contribution in [2.45, 2.75) is 46.1 Å². The molecule has 0 N–H and O–H groups in total. The average molecular weight is 410 g/mol. The third-order valence-corrected chi connectivity index (χ3v) is 9.69. The van der Waals surface area contributed by atoms with E-state index >= 15 is 0 Å². The molecule has 1 amide bonds. The number of benzene rings is 1. The Balaban J connectivity index is 1.66. The van der Waals surface area contributed by atoms with Gasteiger partial charge in [0.05, 0.1) is 17.7 Å². The van der Waals surface area contributed by atoms with Gasteiger partial charge in [0.1, 0.15) is 0 Å². The number of amides is 1. The monoisotopic (exact) mass is 409 g/mol. The molecule has 2 aliphatic carbocycles. The fourth-order valence-electron chi connectivity index (χ4n) is 5.75. The standard InChI is InChI=1S/C20H24ClNO4S/c1-12(17(23)13-4-6-15(21)7-5-13)18(24)22-16-10-14-8-9-20(16,19(14,2)3)11-27(22,25)26/h4-7,12,14,16H,8-11H2,1-3H3/t12-,14-,16-,20-/m1/s1. The molecule has 3 fully saturated rings. The summed E-state index contributed by atoms with van der Waals surface area (Å²) in [6, 6.07) is 5.99. The molecule has 1 saturated heterocycles. The lowest BCUT2D eigenvalue weighted by Crippen LogP contribution is -2.47. The second-order valence-corrected chi connectivity index (χ2v) is 11.1. The van der Waals surface area contributed by atoms with Crippen LogP contribution in [0.5, 0.6) is 0 Å². The number of Topliss-reactive ketones (excluding diaryl/α,β-unsaturated/α-hetero) is 1. The summed E-state index contributed by atoms with van der Waals surface area (Å²) in [7, 11) is -3.72. The predicted molar refractivity (Wildman–Crippen MR) is 103 cm³/mol. The van der Waals surface area contributed by atoms with Crippen molar-refractivity contribution in [3.63, 3.8) is 0 Å². The van der Waals surface area contributed by atoms with E-state index in [0.717, 1.165) is 17.1 Å². The quantitative estimate of drug-likeness (QED) is 0.565. The van der Waals surface area contributed by atoms with Crippen LogP contribution in [0.25, 0.3) is 0 Å². The van der Waals surface area contributed by atoms with Gasteiger partial charge in [-0.3, -0.25) is 9.59 Å². The zero-order valence-corrected chi connectivity index (χ0v) is 17.3. The summed E-state index contributed by atoms with van der Waals surface area (Å²) in [5.41, 5.74) is -0.127. The molecule has 27 heavy (non-hydrogen) atoms. The predicted octanol–water partition coefficient (Wildman–Crippen LogP) is 3.53. The van der Waals surface area contributed by atoms with Gasteiger partial charge in [0, 0.05) is 16.0 Å². The van der Waals surface area contributed by atoms with E-state index in [1.54, 1.807) is 24.3 Å². The molecule has 1 aliphatic heterocycles. The molecule has 5 nitrogen and oxygen atoms in total. The van der Waals surface area contributed by atoms with Crippen molar-refractivity contribution in [2.75, 3.05) is 5.75 Å². The van der Waals surface area contributed by atoms with Crippen LogP contribution in [0.15, 0.2) is 24.3 Å². The van der Waals surface area contributed by atoms with Crippen LogP contribution in [0.3, 0.4) is 0 Å². The van der Waals surface area contributed by atoms with Crippen LogP contribution >= 0.6 is 11.6 Å². The van der Waals surface area contributed by atoms with E-state index in [0.29, 0.717) is 22.9 Å². The summed E-state index contributed by atoms with van der Waals surface area (Å²) in [6.45, 7) is 5.77. The SMILES string of the molecule is C[C@H](C(=O)c1ccc(Cl)cc1)C(=O)N1[C@@H]2C[C@H]3CC[C@]2(CS1(=O)=O)C3(C)C. The highest BCUT2D eigenvalue weighted by Crippen LogP contribution is 2.70. The number of fused-ring (bicyclic) bond motifs is 1. The molecule has 4 rings (SSSR count). The van der Waals surface area contributed by atoms with E-state index in [2.05, 4.69) is 13.8 Å². The first-order valence-electron chi connectivity index (χ1n) is 9.37. The highest BCUT2D eigenvalue weighted by molar-refractivity contribution is 7.90. The van der Waals surface area contributed by atoms with Crippen molar-refractivity contribution in [1.82, 2.24) is 4.31 Å². The number of hydrogen-bond donors (Lipinski definition) is 0. The third-order valence-electron chi connectivity index (χ3n) is 7.52. The van der Waals surface area contributed by atoms with Crippen LogP contribution in [-0.2, 0) is 14.8 Å². The fourth-order valence-corrected chi connectivity index (χ4v) is 8.48. The number of sulfonamides is 1. The van der Waals surface area contributed by atoms with Gasteiger partial charge in [0.2, 0.25) is 15.9 Å². The van der Waals surface area contributed by atoms with Crippen molar-refractivity contribution < 1.29 is 18.0 Å². The molecule has 146 valence electrons. The number of halogens is 1. The van der Waals surface area contributed by atoms with Gasteiger partial charge in [-0.2, -0.15) is 0 Å². The maximum atomic E-state index is 13.2. The molecule has 2 bridgehead atoms. The van der Waals surface area contributed by atoms with Crippen LogP contribution in [-0.4, -0.2) is 36.2 Å². The molecule has 0 unspecified atom stereocenters. The van der Waals surface area contributed by atoms with Crippen LogP contribution in [0.4, 0.5) is 0 Å². The second-order valence-electron chi connectivity index (χ2n) is 8.85. The van der Waals surface area contributed by atoms with E-state index in [9.17, 15) is 18.0 Å². The highest BCUT2D eigenvalue weighted by atomic mass is 35.5. The van der Waals surface area contributed by atoms with Crippen LogP contribution in [0.2, 0.25) is 5.02 Å². The number of nitrogens with zero attached hydrogens (tertiary/aromatic N) is 1. The number of carbonyl (C=O) groups is 2. The number of rotatable bonds is 3. The van der Waals surface area contributed by atoms with E-state index in [4.69, 9.17) is 11.6 Å². The molecule has 0 radical (unpaired) electrons. The topological polar surface area (TPSA) is 71.5 Å². The maximum Gasteiger partial charge on any atom is 0.246 e. The Bertz CT molecular complexity index is 924.